The highest BCUT2D eigenvalue weighted by atomic mass is 16.6. The second-order valence-corrected chi connectivity index (χ2v) is 5.09. The lowest BCUT2D eigenvalue weighted by molar-refractivity contribution is 0.0253. The number of rotatable bonds is 0. The van der Waals surface area contributed by atoms with Crippen molar-refractivity contribution in [3.63, 3.8) is 0 Å². The summed E-state index contributed by atoms with van der Waals surface area (Å²) in [6, 6.07) is 0.567. The maximum Gasteiger partial charge on any atom is 0.410 e. The molecule has 2 rings (SSSR count). The summed E-state index contributed by atoms with van der Waals surface area (Å²) >= 11 is 0. The molecule has 2 aliphatic rings. The van der Waals surface area contributed by atoms with Gasteiger partial charge in [-0.1, -0.05) is 0 Å². The number of hydrogen-bond acceptors (Lipinski definition) is 3. The summed E-state index contributed by atoms with van der Waals surface area (Å²) in [7, 11) is 0. The first-order valence-electron chi connectivity index (χ1n) is 5.40. The summed E-state index contributed by atoms with van der Waals surface area (Å²) in [5.41, 5.74) is -0.412. The molecule has 84 valence electrons. The molecule has 4 heteroatoms. The minimum Gasteiger partial charge on any atom is -0.444 e. The number of ether oxygens (including phenoxy) is 1. The van der Waals surface area contributed by atoms with Gasteiger partial charge < -0.3 is 10.1 Å². The molecule has 0 aromatic rings. The van der Waals surface area contributed by atoms with Gasteiger partial charge in [-0.3, -0.25) is 4.90 Å². The fourth-order valence-corrected chi connectivity index (χ4v) is 2.05. The Morgan fingerprint density at radius 2 is 2.27 bits per heavy atom. The van der Waals surface area contributed by atoms with Crippen molar-refractivity contribution >= 4 is 6.09 Å². The molecule has 0 saturated carbocycles. The van der Waals surface area contributed by atoms with E-state index in [2.05, 4.69) is 5.32 Å². The van der Waals surface area contributed by atoms with Gasteiger partial charge in [0.2, 0.25) is 0 Å². The highest BCUT2D eigenvalue weighted by Gasteiger charge is 2.39. The van der Waals surface area contributed by atoms with Crippen LogP contribution in [0, 0.1) is 0 Å². The van der Waals surface area contributed by atoms with Gasteiger partial charge in [0.25, 0.3) is 0 Å². The lowest BCUT2D eigenvalue weighted by Gasteiger charge is -2.27. The molecule has 15 heavy (non-hydrogen) atoms. The predicted octanol–water partition coefficient (Wildman–Crippen LogP) is 1.48. The number of nitrogens with zero attached hydrogens (tertiary/aromatic N) is 1. The van der Waals surface area contributed by atoms with E-state index in [4.69, 9.17) is 4.74 Å². The second kappa shape index (κ2) is 3.43. The van der Waals surface area contributed by atoms with Crippen LogP contribution in [0.15, 0.2) is 12.3 Å². The SMILES string of the molecule is CC(C)(C)OC(=O)N1CC[C@H]2NC=C[C@H]21. The number of fused-ring (bicyclic) bond motifs is 1. The van der Waals surface area contributed by atoms with Crippen molar-refractivity contribution in [2.45, 2.75) is 44.9 Å². The molecule has 2 aliphatic heterocycles. The van der Waals surface area contributed by atoms with Crippen LogP contribution in [0.2, 0.25) is 0 Å². The van der Waals surface area contributed by atoms with Crippen LogP contribution in [-0.4, -0.2) is 35.2 Å². The van der Waals surface area contributed by atoms with Gasteiger partial charge in [-0.05, 0) is 39.5 Å². The molecular formula is C11H18N2O2. The minimum atomic E-state index is -0.412. The molecule has 0 aromatic carbocycles. The zero-order valence-electron chi connectivity index (χ0n) is 9.49. The van der Waals surface area contributed by atoms with Crippen LogP contribution in [0.5, 0.6) is 0 Å². The molecule has 1 fully saturated rings. The third-order valence-corrected chi connectivity index (χ3v) is 2.68. The summed E-state index contributed by atoms with van der Waals surface area (Å²) in [5, 5.41) is 3.24. The summed E-state index contributed by atoms with van der Waals surface area (Å²) < 4.78 is 5.36. The maximum absolute atomic E-state index is 11.8. The largest absolute Gasteiger partial charge is 0.444 e. The molecule has 0 unspecified atom stereocenters. The van der Waals surface area contributed by atoms with Gasteiger partial charge in [0.15, 0.2) is 0 Å². The number of nitrogens with one attached hydrogen (secondary N) is 1. The monoisotopic (exact) mass is 210 g/mol. The first-order chi connectivity index (χ1) is 6.97. The predicted molar refractivity (Wildman–Crippen MR) is 57.4 cm³/mol. The average Bonchev–Trinajstić information content (AvgIpc) is 2.57. The molecule has 2 heterocycles. The number of hydrogen-bond donors (Lipinski definition) is 1. The van der Waals surface area contributed by atoms with E-state index in [1.165, 1.54) is 0 Å². The third-order valence-electron chi connectivity index (χ3n) is 2.68. The zero-order chi connectivity index (χ0) is 11.1. The van der Waals surface area contributed by atoms with E-state index in [1.54, 1.807) is 4.90 Å². The van der Waals surface area contributed by atoms with E-state index >= 15 is 0 Å². The molecule has 0 bridgehead atoms. The Labute approximate surface area is 90.3 Å². The van der Waals surface area contributed by atoms with Crippen molar-refractivity contribution in [2.24, 2.45) is 0 Å². The standard InChI is InChI=1S/C11H18N2O2/c1-11(2,3)15-10(14)13-7-5-8-9(13)4-6-12-8/h4,6,8-9,12H,5,7H2,1-3H3/t8-,9-/m1/s1. The number of likely N-dealkylation sites (tertiary alicyclic amines) is 1. The molecule has 0 spiro atoms. The van der Waals surface area contributed by atoms with Crippen LogP contribution in [-0.2, 0) is 4.74 Å². The highest BCUT2D eigenvalue weighted by molar-refractivity contribution is 5.69. The van der Waals surface area contributed by atoms with E-state index in [-0.39, 0.29) is 12.1 Å². The Morgan fingerprint density at radius 1 is 1.53 bits per heavy atom. The van der Waals surface area contributed by atoms with Gasteiger partial charge in [0.05, 0.1) is 12.1 Å². The van der Waals surface area contributed by atoms with E-state index in [0.717, 1.165) is 13.0 Å². The van der Waals surface area contributed by atoms with Crippen molar-refractivity contribution in [1.82, 2.24) is 10.2 Å². The molecule has 0 aromatic heterocycles. The van der Waals surface area contributed by atoms with Crippen molar-refractivity contribution in [2.75, 3.05) is 6.54 Å². The number of carbonyl (C=O) groups excluding carboxylic acids is 1. The fourth-order valence-electron chi connectivity index (χ4n) is 2.05. The molecule has 2 atom stereocenters. The fraction of sp³-hybridized carbons (Fsp3) is 0.727. The smallest absolute Gasteiger partial charge is 0.410 e. The minimum absolute atomic E-state index is 0.180. The highest BCUT2D eigenvalue weighted by Crippen LogP contribution is 2.24. The van der Waals surface area contributed by atoms with Gasteiger partial charge in [-0.2, -0.15) is 0 Å². The lowest BCUT2D eigenvalue weighted by Crippen LogP contribution is -2.41. The molecule has 1 saturated heterocycles. The quantitative estimate of drug-likeness (QED) is 0.658. The van der Waals surface area contributed by atoms with Crippen LogP contribution in [0.4, 0.5) is 4.79 Å². The maximum atomic E-state index is 11.8. The summed E-state index contributed by atoms with van der Waals surface area (Å²) in [6.45, 7) is 6.45. The van der Waals surface area contributed by atoms with E-state index in [0.29, 0.717) is 6.04 Å². The Morgan fingerprint density at radius 3 is 2.93 bits per heavy atom. The molecule has 1 amide bonds. The van der Waals surface area contributed by atoms with Gasteiger partial charge >= 0.3 is 6.09 Å². The third kappa shape index (κ3) is 2.08. The Kier molecular flexibility index (Phi) is 2.37. The number of carbonyl (C=O) groups is 1. The molecule has 0 radical (unpaired) electrons. The topological polar surface area (TPSA) is 41.6 Å². The van der Waals surface area contributed by atoms with Crippen LogP contribution in [0.3, 0.4) is 0 Å². The summed E-state index contributed by atoms with van der Waals surface area (Å²) in [5.74, 6) is 0. The van der Waals surface area contributed by atoms with E-state index in [9.17, 15) is 4.79 Å². The van der Waals surface area contributed by atoms with Crippen molar-refractivity contribution in [1.29, 1.82) is 0 Å². The van der Waals surface area contributed by atoms with Crippen molar-refractivity contribution in [3.8, 4) is 0 Å². The molecule has 0 aliphatic carbocycles. The summed E-state index contributed by atoms with van der Waals surface area (Å²) in [4.78, 5) is 13.6. The van der Waals surface area contributed by atoms with E-state index < -0.39 is 5.60 Å². The normalized spacial score (nSPS) is 28.9. The van der Waals surface area contributed by atoms with Gasteiger partial charge in [-0.25, -0.2) is 4.79 Å². The summed E-state index contributed by atoms with van der Waals surface area (Å²) in [6.07, 6.45) is 4.74. The van der Waals surface area contributed by atoms with Crippen LogP contribution in [0.25, 0.3) is 0 Å². The van der Waals surface area contributed by atoms with Crippen LogP contribution < -0.4 is 5.32 Å². The Bertz CT molecular complexity index is 293. The van der Waals surface area contributed by atoms with Gasteiger partial charge in [0, 0.05) is 6.54 Å². The Hall–Kier alpha value is -1.19. The molecule has 4 nitrogen and oxygen atoms in total. The van der Waals surface area contributed by atoms with Crippen LogP contribution in [0.1, 0.15) is 27.2 Å². The average molecular weight is 210 g/mol. The van der Waals surface area contributed by atoms with E-state index in [1.807, 2.05) is 33.0 Å². The van der Waals surface area contributed by atoms with Gasteiger partial charge in [0.1, 0.15) is 5.60 Å². The first kappa shape index (κ1) is 10.3. The van der Waals surface area contributed by atoms with Crippen molar-refractivity contribution in [3.05, 3.63) is 12.3 Å². The molecule has 1 N–H and O–H groups in total. The second-order valence-electron chi connectivity index (χ2n) is 5.09. The molecular weight excluding hydrogens is 192 g/mol. The Balaban J connectivity index is 1.99. The first-order valence-corrected chi connectivity index (χ1v) is 5.40. The van der Waals surface area contributed by atoms with Crippen LogP contribution >= 0.6 is 0 Å². The van der Waals surface area contributed by atoms with Crippen molar-refractivity contribution < 1.29 is 9.53 Å². The number of amides is 1. The zero-order valence-corrected chi connectivity index (χ0v) is 9.49. The lowest BCUT2D eigenvalue weighted by atomic mass is 10.2. The van der Waals surface area contributed by atoms with Gasteiger partial charge in [-0.15, -0.1) is 0 Å².